The number of hydrogen-bond donors (Lipinski definition) is 2. The van der Waals surface area contributed by atoms with Crippen molar-refractivity contribution < 1.29 is 14.7 Å². The van der Waals surface area contributed by atoms with Gasteiger partial charge in [0.1, 0.15) is 12.4 Å². The molecule has 1 aromatic rings. The summed E-state index contributed by atoms with van der Waals surface area (Å²) in [6.07, 6.45) is 0. The topological polar surface area (TPSA) is 77.1 Å². The molecule has 0 amide bonds. The van der Waals surface area contributed by atoms with Crippen molar-refractivity contribution in [2.75, 3.05) is 13.7 Å². The Hall–Kier alpha value is -1.75. The van der Waals surface area contributed by atoms with Gasteiger partial charge in [-0.15, -0.1) is 0 Å². The Kier molecular flexibility index (Phi) is 4.43. The Morgan fingerprint density at radius 1 is 1.40 bits per heavy atom. The van der Waals surface area contributed by atoms with Gasteiger partial charge in [-0.05, 0) is 17.7 Å². The van der Waals surface area contributed by atoms with E-state index in [1.165, 1.54) is 0 Å². The zero-order valence-electron chi connectivity index (χ0n) is 8.51. The molecule has 5 heteroatoms. The number of ether oxygens (including phenoxy) is 2. The van der Waals surface area contributed by atoms with E-state index in [0.717, 1.165) is 11.3 Å². The summed E-state index contributed by atoms with van der Waals surface area (Å²) < 4.78 is 10.2. The molecule has 0 radical (unpaired) electrons. The van der Waals surface area contributed by atoms with Gasteiger partial charge in [0, 0.05) is 0 Å². The predicted octanol–water partition coefficient (Wildman–Crippen LogP) is 0.958. The van der Waals surface area contributed by atoms with Gasteiger partial charge in [0.25, 0.3) is 0 Å². The molecule has 0 saturated carbocycles. The quantitative estimate of drug-likeness (QED) is 0.328. The second kappa shape index (κ2) is 5.87. The van der Waals surface area contributed by atoms with E-state index in [-0.39, 0.29) is 12.4 Å². The normalized spacial score (nSPS) is 11.4. The molecular formula is C10H14N2O3. The molecule has 0 aromatic heterocycles. The molecule has 0 aliphatic rings. The van der Waals surface area contributed by atoms with Crippen molar-refractivity contribution in [1.29, 1.82) is 0 Å². The summed E-state index contributed by atoms with van der Waals surface area (Å²) >= 11 is 0. The predicted molar refractivity (Wildman–Crippen MR) is 56.1 cm³/mol. The van der Waals surface area contributed by atoms with Gasteiger partial charge in [0.05, 0.1) is 13.7 Å². The lowest BCUT2D eigenvalue weighted by atomic mass is 10.2. The van der Waals surface area contributed by atoms with Gasteiger partial charge < -0.3 is 20.4 Å². The first-order valence-electron chi connectivity index (χ1n) is 4.43. The second-order valence-corrected chi connectivity index (χ2v) is 2.93. The van der Waals surface area contributed by atoms with Gasteiger partial charge >= 0.3 is 0 Å². The van der Waals surface area contributed by atoms with Crippen molar-refractivity contribution in [1.82, 2.24) is 0 Å². The Balaban J connectivity index is 2.38. The van der Waals surface area contributed by atoms with E-state index in [1.807, 2.05) is 24.3 Å². The third kappa shape index (κ3) is 3.86. The van der Waals surface area contributed by atoms with E-state index in [1.54, 1.807) is 7.11 Å². The van der Waals surface area contributed by atoms with Crippen LogP contribution in [0.4, 0.5) is 0 Å². The van der Waals surface area contributed by atoms with E-state index in [2.05, 4.69) is 5.16 Å². The summed E-state index contributed by atoms with van der Waals surface area (Å²) in [4.78, 5) is 0. The molecule has 1 aromatic carbocycles. The van der Waals surface area contributed by atoms with Crippen LogP contribution in [0.15, 0.2) is 29.4 Å². The van der Waals surface area contributed by atoms with E-state index < -0.39 is 0 Å². The number of nitrogens with two attached hydrogens (primary N) is 1. The zero-order chi connectivity index (χ0) is 11.1. The third-order valence-corrected chi connectivity index (χ3v) is 1.81. The van der Waals surface area contributed by atoms with Crippen LogP contribution in [0.1, 0.15) is 5.56 Å². The number of oxime groups is 1. The number of nitrogens with zero attached hydrogens (tertiary/aromatic N) is 1. The molecule has 0 spiro atoms. The molecule has 0 aliphatic heterocycles. The first-order chi connectivity index (χ1) is 7.26. The number of hydrogen-bond acceptors (Lipinski definition) is 4. The van der Waals surface area contributed by atoms with Gasteiger partial charge in [0.15, 0.2) is 5.84 Å². The smallest absolute Gasteiger partial charge is 0.165 e. The first-order valence-corrected chi connectivity index (χ1v) is 4.43. The molecule has 1 rings (SSSR count). The van der Waals surface area contributed by atoms with Crippen LogP contribution in [0.3, 0.4) is 0 Å². The lowest BCUT2D eigenvalue weighted by Crippen LogP contribution is -2.18. The van der Waals surface area contributed by atoms with Crippen LogP contribution >= 0.6 is 0 Å². The molecule has 82 valence electrons. The van der Waals surface area contributed by atoms with Gasteiger partial charge in [-0.25, -0.2) is 0 Å². The molecule has 0 fully saturated rings. The largest absolute Gasteiger partial charge is 0.497 e. The summed E-state index contributed by atoms with van der Waals surface area (Å²) in [5, 5.41) is 11.1. The summed E-state index contributed by atoms with van der Waals surface area (Å²) in [5.41, 5.74) is 6.24. The summed E-state index contributed by atoms with van der Waals surface area (Å²) in [6, 6.07) is 7.49. The fourth-order valence-corrected chi connectivity index (χ4v) is 1.02. The number of methoxy groups -OCH3 is 1. The van der Waals surface area contributed by atoms with Gasteiger partial charge in [-0.2, -0.15) is 0 Å². The average molecular weight is 210 g/mol. The molecule has 0 aliphatic carbocycles. The minimum Gasteiger partial charge on any atom is -0.497 e. The summed E-state index contributed by atoms with van der Waals surface area (Å²) in [5.74, 6) is 0.860. The highest BCUT2D eigenvalue weighted by atomic mass is 16.5. The van der Waals surface area contributed by atoms with Crippen LogP contribution in [0.5, 0.6) is 5.75 Å². The van der Waals surface area contributed by atoms with Crippen LogP contribution in [0.2, 0.25) is 0 Å². The van der Waals surface area contributed by atoms with Crippen LogP contribution in [-0.2, 0) is 11.3 Å². The van der Waals surface area contributed by atoms with Crippen molar-refractivity contribution in [3.8, 4) is 5.75 Å². The fourth-order valence-electron chi connectivity index (χ4n) is 1.02. The molecule has 3 N–H and O–H groups in total. The van der Waals surface area contributed by atoms with Crippen LogP contribution in [-0.4, -0.2) is 24.8 Å². The standard InChI is InChI=1S/C10H14N2O3/c1-14-9-4-2-8(3-5-9)6-15-7-10(11)12-13/h2-5,13H,6-7H2,1H3,(H2,11,12). The number of amidine groups is 1. The molecule has 0 unspecified atom stereocenters. The molecule has 0 saturated heterocycles. The maximum atomic E-state index is 8.27. The van der Waals surface area contributed by atoms with Crippen molar-refractivity contribution in [2.45, 2.75) is 6.61 Å². The van der Waals surface area contributed by atoms with E-state index >= 15 is 0 Å². The summed E-state index contributed by atoms with van der Waals surface area (Å²) in [6.45, 7) is 0.530. The van der Waals surface area contributed by atoms with Crippen LogP contribution in [0, 0.1) is 0 Å². The highest BCUT2D eigenvalue weighted by Crippen LogP contribution is 2.11. The molecule has 0 heterocycles. The van der Waals surface area contributed by atoms with Crippen LogP contribution in [0.25, 0.3) is 0 Å². The van der Waals surface area contributed by atoms with Crippen molar-refractivity contribution >= 4 is 5.84 Å². The number of benzene rings is 1. The summed E-state index contributed by atoms with van der Waals surface area (Å²) in [7, 11) is 1.61. The Labute approximate surface area is 88.1 Å². The fraction of sp³-hybridized carbons (Fsp3) is 0.300. The highest BCUT2D eigenvalue weighted by molar-refractivity contribution is 5.80. The van der Waals surface area contributed by atoms with Crippen molar-refractivity contribution in [3.63, 3.8) is 0 Å². The van der Waals surface area contributed by atoms with E-state index in [4.69, 9.17) is 20.4 Å². The second-order valence-electron chi connectivity index (χ2n) is 2.93. The minimum atomic E-state index is 0.0588. The SMILES string of the molecule is COc1ccc(COC/C(N)=N/O)cc1. The molecule has 0 atom stereocenters. The van der Waals surface area contributed by atoms with E-state index in [0.29, 0.717) is 6.61 Å². The van der Waals surface area contributed by atoms with Gasteiger partial charge in [-0.1, -0.05) is 17.3 Å². The van der Waals surface area contributed by atoms with Gasteiger partial charge in [0.2, 0.25) is 0 Å². The van der Waals surface area contributed by atoms with Crippen LogP contribution < -0.4 is 10.5 Å². The molecule has 0 bridgehead atoms. The molecule has 5 nitrogen and oxygen atoms in total. The lowest BCUT2D eigenvalue weighted by molar-refractivity contribution is 0.154. The van der Waals surface area contributed by atoms with Crippen molar-refractivity contribution in [2.24, 2.45) is 10.9 Å². The Bertz CT molecular complexity index is 322. The third-order valence-electron chi connectivity index (χ3n) is 1.81. The van der Waals surface area contributed by atoms with Gasteiger partial charge in [-0.3, -0.25) is 0 Å². The monoisotopic (exact) mass is 210 g/mol. The first kappa shape index (κ1) is 11.3. The Morgan fingerprint density at radius 3 is 2.60 bits per heavy atom. The van der Waals surface area contributed by atoms with E-state index in [9.17, 15) is 0 Å². The Morgan fingerprint density at radius 2 is 2.07 bits per heavy atom. The maximum Gasteiger partial charge on any atom is 0.165 e. The van der Waals surface area contributed by atoms with Crippen molar-refractivity contribution in [3.05, 3.63) is 29.8 Å². The average Bonchev–Trinajstić information content (AvgIpc) is 2.29. The molecule has 15 heavy (non-hydrogen) atoms. The number of rotatable bonds is 5. The minimum absolute atomic E-state index is 0.0588. The maximum absolute atomic E-state index is 8.27. The lowest BCUT2D eigenvalue weighted by Gasteiger charge is -2.04. The highest BCUT2D eigenvalue weighted by Gasteiger charge is 1.96. The molecular weight excluding hydrogens is 196 g/mol. The zero-order valence-corrected chi connectivity index (χ0v) is 8.51.